The Morgan fingerprint density at radius 3 is 2.89 bits per heavy atom. The molecule has 148 valence electrons. The maximum atomic E-state index is 12.5. The van der Waals surface area contributed by atoms with Gasteiger partial charge >= 0.3 is 5.97 Å². The molecule has 5 rings (SSSR count). The van der Waals surface area contributed by atoms with Crippen molar-refractivity contribution in [2.24, 2.45) is 5.92 Å². The maximum absolute atomic E-state index is 12.5. The van der Waals surface area contributed by atoms with Crippen LogP contribution >= 0.6 is 0 Å². The summed E-state index contributed by atoms with van der Waals surface area (Å²) in [6.45, 7) is 4.01. The first-order valence-corrected chi connectivity index (χ1v) is 9.99. The number of esters is 1. The number of hydrogen-bond donors (Lipinski definition) is 1. The van der Waals surface area contributed by atoms with Crippen molar-refractivity contribution in [1.29, 1.82) is 0 Å². The molecular formula is C22H25NO5. The lowest BCUT2D eigenvalue weighted by Crippen LogP contribution is -2.69. The second-order valence-electron chi connectivity index (χ2n) is 8.56. The minimum Gasteiger partial charge on any atom is -0.481 e. The molecule has 6 heteroatoms. The summed E-state index contributed by atoms with van der Waals surface area (Å²) in [4.78, 5) is 26.8. The molecule has 2 aliphatic carbocycles. The molecule has 2 heterocycles. The van der Waals surface area contributed by atoms with E-state index >= 15 is 0 Å². The Balaban J connectivity index is 1.76. The summed E-state index contributed by atoms with van der Waals surface area (Å²) in [5.41, 5.74) is 0.0145. The number of hydrogen-bond acceptors (Lipinski definition) is 6. The number of likely N-dealkylation sites (N-methyl/N-ethyl adjacent to an activating group) is 1. The molecule has 0 saturated carbocycles. The van der Waals surface area contributed by atoms with Crippen molar-refractivity contribution in [2.75, 3.05) is 13.6 Å². The van der Waals surface area contributed by atoms with E-state index in [0.717, 1.165) is 30.5 Å². The van der Waals surface area contributed by atoms with Gasteiger partial charge in [-0.3, -0.25) is 9.59 Å². The highest BCUT2D eigenvalue weighted by molar-refractivity contribution is 5.89. The summed E-state index contributed by atoms with van der Waals surface area (Å²) < 4.78 is 11.9. The molecule has 0 aromatic heterocycles. The molecule has 1 saturated heterocycles. The molecule has 28 heavy (non-hydrogen) atoms. The van der Waals surface area contributed by atoms with Gasteiger partial charge in [0.2, 0.25) is 0 Å². The average molecular weight is 383 g/mol. The topological polar surface area (TPSA) is 76.1 Å². The number of aliphatic hydroxyl groups is 1. The van der Waals surface area contributed by atoms with Crippen LogP contribution in [0.3, 0.4) is 0 Å². The van der Waals surface area contributed by atoms with Crippen LogP contribution in [0.2, 0.25) is 0 Å². The fourth-order valence-corrected chi connectivity index (χ4v) is 5.87. The molecule has 2 bridgehead atoms. The van der Waals surface area contributed by atoms with Gasteiger partial charge < -0.3 is 19.5 Å². The minimum atomic E-state index is -1.68. The minimum absolute atomic E-state index is 0.141. The van der Waals surface area contributed by atoms with Gasteiger partial charge in [0.05, 0.1) is 0 Å². The van der Waals surface area contributed by atoms with Crippen molar-refractivity contribution in [3.8, 4) is 11.5 Å². The number of nitrogens with zero attached hydrogens (tertiary/aromatic N) is 1. The number of likely N-dealkylation sites (tertiary alicyclic amines) is 1. The highest BCUT2D eigenvalue weighted by Gasteiger charge is 2.68. The molecule has 1 aromatic rings. The third-order valence-electron chi connectivity index (χ3n) is 7.29. The monoisotopic (exact) mass is 383 g/mol. The van der Waals surface area contributed by atoms with E-state index in [0.29, 0.717) is 11.5 Å². The molecule has 2 aliphatic heterocycles. The number of piperidine rings is 1. The lowest BCUT2D eigenvalue weighted by Gasteiger charge is -2.58. The zero-order valence-electron chi connectivity index (χ0n) is 16.4. The summed E-state index contributed by atoms with van der Waals surface area (Å²) in [6.07, 6.45) is 4.85. The van der Waals surface area contributed by atoms with Crippen LogP contribution < -0.4 is 9.47 Å². The van der Waals surface area contributed by atoms with Gasteiger partial charge in [0.1, 0.15) is 6.10 Å². The zero-order valence-corrected chi connectivity index (χ0v) is 16.4. The van der Waals surface area contributed by atoms with Gasteiger partial charge in [0, 0.05) is 29.4 Å². The second kappa shape index (κ2) is 5.67. The summed E-state index contributed by atoms with van der Waals surface area (Å²) in [7, 11) is 2.13. The summed E-state index contributed by atoms with van der Waals surface area (Å²) in [5.74, 6) is 0.392. The van der Waals surface area contributed by atoms with E-state index in [-0.39, 0.29) is 30.1 Å². The Hall–Kier alpha value is -2.18. The SMILES string of the molecule is CCC(=O)Oc1ccc2c3c1O[C@@H]1[C@]34CCN(C)[C@H](C2)[C@@H]4C=C[C@@]1(O)C(C)=O. The van der Waals surface area contributed by atoms with E-state index in [1.807, 2.05) is 12.1 Å². The van der Waals surface area contributed by atoms with E-state index in [1.165, 1.54) is 6.92 Å². The van der Waals surface area contributed by atoms with Crippen molar-refractivity contribution in [3.63, 3.8) is 0 Å². The summed E-state index contributed by atoms with van der Waals surface area (Å²) in [5, 5.41) is 11.3. The Bertz CT molecular complexity index is 924. The maximum Gasteiger partial charge on any atom is 0.311 e. The van der Waals surface area contributed by atoms with Crippen LogP contribution in [0.15, 0.2) is 24.3 Å². The first-order chi connectivity index (χ1) is 13.3. The van der Waals surface area contributed by atoms with Crippen LogP contribution in [0, 0.1) is 5.92 Å². The molecule has 1 spiro atoms. The third-order valence-corrected chi connectivity index (χ3v) is 7.29. The fraction of sp³-hybridized carbons (Fsp3) is 0.545. The van der Waals surface area contributed by atoms with Gasteiger partial charge in [0.15, 0.2) is 22.9 Å². The summed E-state index contributed by atoms with van der Waals surface area (Å²) >= 11 is 0. The van der Waals surface area contributed by atoms with Crippen molar-refractivity contribution in [1.82, 2.24) is 4.90 Å². The first kappa shape index (κ1) is 17.9. The van der Waals surface area contributed by atoms with Crippen molar-refractivity contribution in [2.45, 2.75) is 56.3 Å². The quantitative estimate of drug-likeness (QED) is 0.487. The van der Waals surface area contributed by atoms with Gasteiger partial charge in [-0.2, -0.15) is 0 Å². The predicted molar refractivity (Wildman–Crippen MR) is 101 cm³/mol. The van der Waals surface area contributed by atoms with Crippen molar-refractivity contribution >= 4 is 11.8 Å². The number of benzene rings is 1. The van der Waals surface area contributed by atoms with E-state index in [9.17, 15) is 14.7 Å². The van der Waals surface area contributed by atoms with Crippen LogP contribution in [0.1, 0.15) is 37.8 Å². The molecular weight excluding hydrogens is 358 g/mol. The summed E-state index contributed by atoms with van der Waals surface area (Å²) in [6, 6.07) is 4.08. The van der Waals surface area contributed by atoms with Gasteiger partial charge in [-0.05, 0) is 51.1 Å². The number of ether oxygens (including phenoxy) is 2. The van der Waals surface area contributed by atoms with E-state index < -0.39 is 17.1 Å². The Labute approximate surface area is 164 Å². The zero-order chi connectivity index (χ0) is 19.8. The Kier molecular flexibility index (Phi) is 3.62. The molecule has 0 radical (unpaired) electrons. The molecule has 1 N–H and O–H groups in total. The van der Waals surface area contributed by atoms with Gasteiger partial charge in [-0.25, -0.2) is 0 Å². The van der Waals surface area contributed by atoms with Crippen LogP contribution in [-0.4, -0.2) is 53.1 Å². The fourth-order valence-electron chi connectivity index (χ4n) is 5.87. The normalized spacial score (nSPS) is 37.2. The highest BCUT2D eigenvalue weighted by atomic mass is 16.6. The molecule has 1 fully saturated rings. The standard InChI is InChI=1S/C22H25NO5/c1-4-17(25)27-16-6-5-13-11-15-14-7-8-22(26,12(2)24)20-21(14,9-10-23(15)3)18(13)19(16)28-20/h5-8,14-15,20,26H,4,9-11H2,1-3H3/t14-,15+,20+,21-,22+/m0/s1. The highest BCUT2D eigenvalue weighted by Crippen LogP contribution is 2.64. The third kappa shape index (κ3) is 2.00. The molecule has 5 atom stereocenters. The van der Waals surface area contributed by atoms with Crippen LogP contribution in [-0.2, 0) is 21.4 Å². The first-order valence-electron chi connectivity index (χ1n) is 9.99. The average Bonchev–Trinajstić information content (AvgIpc) is 3.03. The molecule has 4 aliphatic rings. The predicted octanol–water partition coefficient (Wildman–Crippen LogP) is 1.77. The molecule has 0 unspecified atom stereocenters. The van der Waals surface area contributed by atoms with Crippen LogP contribution in [0.25, 0.3) is 0 Å². The molecule has 1 aromatic carbocycles. The van der Waals surface area contributed by atoms with Gasteiger partial charge in [-0.15, -0.1) is 0 Å². The van der Waals surface area contributed by atoms with Gasteiger partial charge in [-0.1, -0.05) is 19.1 Å². The van der Waals surface area contributed by atoms with E-state index in [2.05, 4.69) is 11.9 Å². The number of ketones is 1. The lowest BCUT2D eigenvalue weighted by atomic mass is 9.51. The number of Topliss-reactive ketones (excluding diaryl/α,β-unsaturated/α-hetero) is 1. The Morgan fingerprint density at radius 2 is 2.18 bits per heavy atom. The van der Waals surface area contributed by atoms with Crippen LogP contribution in [0.5, 0.6) is 11.5 Å². The number of carbonyl (C=O) groups excluding carboxylic acids is 2. The second-order valence-corrected chi connectivity index (χ2v) is 8.56. The van der Waals surface area contributed by atoms with Crippen molar-refractivity contribution in [3.05, 3.63) is 35.4 Å². The van der Waals surface area contributed by atoms with Crippen LogP contribution in [0.4, 0.5) is 0 Å². The largest absolute Gasteiger partial charge is 0.481 e. The lowest BCUT2D eigenvalue weighted by molar-refractivity contribution is -0.149. The smallest absolute Gasteiger partial charge is 0.311 e. The number of carbonyl (C=O) groups is 2. The number of rotatable bonds is 3. The van der Waals surface area contributed by atoms with E-state index in [4.69, 9.17) is 9.47 Å². The molecule has 0 amide bonds. The van der Waals surface area contributed by atoms with E-state index in [1.54, 1.807) is 19.1 Å². The van der Waals surface area contributed by atoms with Crippen molar-refractivity contribution < 1.29 is 24.2 Å². The Morgan fingerprint density at radius 1 is 1.39 bits per heavy atom. The molecule has 6 nitrogen and oxygen atoms in total. The van der Waals surface area contributed by atoms with Gasteiger partial charge in [0.25, 0.3) is 0 Å².